The first kappa shape index (κ1) is 25.0. The van der Waals surface area contributed by atoms with Crippen molar-refractivity contribution in [3.8, 4) is 5.75 Å². The van der Waals surface area contributed by atoms with Crippen molar-refractivity contribution >= 4 is 23.4 Å². The van der Waals surface area contributed by atoms with E-state index in [9.17, 15) is 9.59 Å². The van der Waals surface area contributed by atoms with Crippen LogP contribution in [0.4, 0.5) is 0 Å². The Balaban J connectivity index is 1.01. The zero-order valence-corrected chi connectivity index (χ0v) is 21.2. The number of aromatic nitrogens is 2. The second-order valence-corrected chi connectivity index (χ2v) is 10.5. The molecule has 0 spiro atoms. The molecule has 1 aromatic carbocycles. The Labute approximate surface area is 216 Å². The van der Waals surface area contributed by atoms with Crippen LogP contribution in [-0.4, -0.2) is 52.2 Å². The van der Waals surface area contributed by atoms with Crippen LogP contribution in [0.25, 0.3) is 0 Å². The number of hydrogen-bond donors (Lipinski definition) is 2. The van der Waals surface area contributed by atoms with E-state index in [1.54, 1.807) is 24.3 Å². The van der Waals surface area contributed by atoms with Gasteiger partial charge in [0, 0.05) is 36.5 Å². The van der Waals surface area contributed by atoms with Gasteiger partial charge >= 0.3 is 0 Å². The summed E-state index contributed by atoms with van der Waals surface area (Å²) in [7, 11) is 0. The van der Waals surface area contributed by atoms with Gasteiger partial charge in [-0.15, -0.1) is 10.2 Å². The molecule has 2 aliphatic heterocycles. The predicted octanol–water partition coefficient (Wildman–Crippen LogP) is 3.78. The topological polar surface area (TPSA) is 110 Å². The fourth-order valence-electron chi connectivity index (χ4n) is 5.54. The molecule has 5 rings (SSSR count). The van der Waals surface area contributed by atoms with E-state index in [-0.39, 0.29) is 36.4 Å². The number of halogens is 1. The maximum atomic E-state index is 12.8. The summed E-state index contributed by atoms with van der Waals surface area (Å²) in [5.41, 5.74) is 0. The van der Waals surface area contributed by atoms with Crippen LogP contribution in [-0.2, 0) is 16.2 Å². The molecule has 1 aliphatic carbocycles. The van der Waals surface area contributed by atoms with Crippen LogP contribution >= 0.6 is 11.6 Å². The molecule has 2 aromatic rings. The van der Waals surface area contributed by atoms with Crippen molar-refractivity contribution in [1.29, 1.82) is 0 Å². The molecule has 1 saturated carbocycles. The third-order valence-corrected chi connectivity index (χ3v) is 7.83. The number of carbonyl (C=O) groups excluding carboxylic acids is 2. The zero-order chi connectivity index (χ0) is 24.9. The number of piperidine rings is 1. The number of rotatable bonds is 8. The van der Waals surface area contributed by atoms with Crippen molar-refractivity contribution in [2.45, 2.75) is 82.5 Å². The van der Waals surface area contributed by atoms with Gasteiger partial charge in [-0.3, -0.25) is 14.9 Å². The van der Waals surface area contributed by atoms with E-state index in [2.05, 4.69) is 20.8 Å². The molecular weight excluding hydrogens is 482 g/mol. The van der Waals surface area contributed by atoms with Gasteiger partial charge in [-0.2, -0.15) is 0 Å². The molecular formula is C26H34ClN5O4. The van der Waals surface area contributed by atoms with E-state index in [0.717, 1.165) is 44.9 Å². The largest absolute Gasteiger partial charge is 0.484 e. The van der Waals surface area contributed by atoms with Crippen molar-refractivity contribution in [2.24, 2.45) is 5.92 Å². The summed E-state index contributed by atoms with van der Waals surface area (Å²) >= 11 is 5.89. The van der Waals surface area contributed by atoms with Gasteiger partial charge in [0.2, 0.25) is 17.7 Å². The van der Waals surface area contributed by atoms with Crippen LogP contribution in [0.2, 0.25) is 5.02 Å². The molecule has 2 amide bonds. The van der Waals surface area contributed by atoms with Crippen LogP contribution in [0.5, 0.6) is 5.75 Å². The quantitative estimate of drug-likeness (QED) is 0.550. The average Bonchev–Trinajstić information content (AvgIpc) is 3.38. The number of benzene rings is 1. The number of ether oxygens (including phenoxy) is 1. The van der Waals surface area contributed by atoms with Gasteiger partial charge in [0.1, 0.15) is 5.75 Å². The summed E-state index contributed by atoms with van der Waals surface area (Å²) in [6.07, 6.45) is 7.98. The molecule has 3 fully saturated rings. The van der Waals surface area contributed by atoms with E-state index in [1.165, 1.54) is 6.42 Å². The van der Waals surface area contributed by atoms with Crippen LogP contribution in [0, 0.1) is 5.92 Å². The van der Waals surface area contributed by atoms with Gasteiger partial charge in [-0.05, 0) is 62.8 Å². The van der Waals surface area contributed by atoms with Gasteiger partial charge in [-0.1, -0.05) is 24.4 Å². The van der Waals surface area contributed by atoms with Crippen LogP contribution in [0.1, 0.15) is 75.5 Å². The highest BCUT2D eigenvalue weighted by atomic mass is 35.5. The van der Waals surface area contributed by atoms with E-state index in [0.29, 0.717) is 48.1 Å². The van der Waals surface area contributed by atoms with Crippen molar-refractivity contribution in [3.05, 3.63) is 41.1 Å². The molecule has 2 N–H and O–H groups in total. The number of hydrogen-bond acceptors (Lipinski definition) is 7. The Morgan fingerprint density at radius 1 is 1.11 bits per heavy atom. The third-order valence-electron chi connectivity index (χ3n) is 7.57. The summed E-state index contributed by atoms with van der Waals surface area (Å²) in [6, 6.07) is 7.41. The van der Waals surface area contributed by atoms with Crippen molar-refractivity contribution in [1.82, 2.24) is 25.7 Å². The fourth-order valence-corrected chi connectivity index (χ4v) is 5.66. The number of likely N-dealkylation sites (tertiary alicyclic amines) is 1. The molecule has 3 unspecified atom stereocenters. The Hall–Kier alpha value is -2.65. The highest BCUT2D eigenvalue weighted by Crippen LogP contribution is 2.29. The summed E-state index contributed by atoms with van der Waals surface area (Å²) < 4.78 is 11.5. The zero-order valence-electron chi connectivity index (χ0n) is 20.5. The first-order valence-corrected chi connectivity index (χ1v) is 13.5. The Morgan fingerprint density at radius 3 is 2.69 bits per heavy atom. The van der Waals surface area contributed by atoms with Crippen LogP contribution in [0.3, 0.4) is 0 Å². The minimum atomic E-state index is -0.0224. The summed E-state index contributed by atoms with van der Waals surface area (Å²) in [5.74, 6) is 2.34. The van der Waals surface area contributed by atoms with E-state index in [1.807, 2.05) is 4.90 Å². The van der Waals surface area contributed by atoms with E-state index >= 15 is 0 Å². The van der Waals surface area contributed by atoms with E-state index < -0.39 is 0 Å². The number of carbonyl (C=O) groups is 2. The molecule has 3 aliphatic rings. The lowest BCUT2D eigenvalue weighted by Gasteiger charge is -2.40. The molecule has 3 heterocycles. The number of nitrogens with zero attached hydrogens (tertiary/aromatic N) is 3. The highest BCUT2D eigenvalue weighted by Gasteiger charge is 2.37. The molecule has 9 nitrogen and oxygen atoms in total. The van der Waals surface area contributed by atoms with Gasteiger partial charge in [0.25, 0.3) is 5.89 Å². The van der Waals surface area contributed by atoms with Crippen molar-refractivity contribution < 1.29 is 18.7 Å². The van der Waals surface area contributed by atoms with Crippen molar-refractivity contribution in [3.63, 3.8) is 0 Å². The lowest BCUT2D eigenvalue weighted by Crippen LogP contribution is -2.62. The Morgan fingerprint density at radius 2 is 1.89 bits per heavy atom. The number of fused-ring (bicyclic) bond motifs is 1. The molecule has 3 atom stereocenters. The average molecular weight is 516 g/mol. The number of amides is 2. The maximum absolute atomic E-state index is 12.8. The highest BCUT2D eigenvalue weighted by molar-refractivity contribution is 6.30. The SMILES string of the molecule is O=C1NC(CCCC(=O)N2CCC(c3nnc(COc4ccc(Cl)cc4)o3)CC2)NC2CCCCC12. The normalized spacial score (nSPS) is 24.8. The van der Waals surface area contributed by atoms with E-state index in [4.69, 9.17) is 20.8 Å². The molecule has 10 heteroatoms. The second-order valence-electron chi connectivity index (χ2n) is 10.0. The molecule has 0 radical (unpaired) electrons. The molecule has 2 saturated heterocycles. The fraction of sp³-hybridized carbons (Fsp3) is 0.615. The summed E-state index contributed by atoms with van der Waals surface area (Å²) in [5, 5.41) is 15.7. The van der Waals surface area contributed by atoms with Crippen LogP contribution < -0.4 is 15.4 Å². The number of nitrogens with one attached hydrogen (secondary N) is 2. The van der Waals surface area contributed by atoms with Crippen LogP contribution in [0.15, 0.2) is 28.7 Å². The summed E-state index contributed by atoms with van der Waals surface area (Å²) in [4.78, 5) is 27.1. The molecule has 194 valence electrons. The smallest absolute Gasteiger partial charge is 0.253 e. The monoisotopic (exact) mass is 515 g/mol. The third kappa shape index (κ3) is 6.18. The van der Waals surface area contributed by atoms with Gasteiger partial charge in [-0.25, -0.2) is 0 Å². The minimum Gasteiger partial charge on any atom is -0.484 e. The van der Waals surface area contributed by atoms with Crippen molar-refractivity contribution in [2.75, 3.05) is 13.1 Å². The Kier molecular flexibility index (Phi) is 8.06. The lowest BCUT2D eigenvalue weighted by atomic mass is 9.82. The first-order chi connectivity index (χ1) is 17.5. The van der Waals surface area contributed by atoms with Gasteiger partial charge in [0.05, 0.1) is 12.1 Å². The van der Waals surface area contributed by atoms with Gasteiger partial charge in [0.15, 0.2) is 6.61 Å². The maximum Gasteiger partial charge on any atom is 0.253 e. The first-order valence-electron chi connectivity index (χ1n) is 13.1. The second kappa shape index (κ2) is 11.6. The summed E-state index contributed by atoms with van der Waals surface area (Å²) in [6.45, 7) is 1.57. The Bertz CT molecular complexity index is 1040. The van der Waals surface area contributed by atoms with Gasteiger partial charge < -0.3 is 19.4 Å². The molecule has 36 heavy (non-hydrogen) atoms. The molecule has 1 aromatic heterocycles. The minimum absolute atomic E-state index is 0.0224. The lowest BCUT2D eigenvalue weighted by molar-refractivity contribution is -0.132. The standard InChI is InChI=1S/C26H34ClN5O4/c27-18-8-10-19(11-9-18)35-16-23-30-31-26(36-23)17-12-14-32(15-13-17)24(33)7-3-6-22-28-21-5-2-1-4-20(21)25(34)29-22/h8-11,17,20-22,28H,1-7,12-16H2,(H,29,34). The molecule has 0 bridgehead atoms. The predicted molar refractivity (Wildman–Crippen MR) is 133 cm³/mol.